The second-order valence-corrected chi connectivity index (χ2v) is 9.26. The fourth-order valence-electron chi connectivity index (χ4n) is 5.17. The number of carboxylic acids is 1. The number of carboxylic acid groups (broad SMARTS) is 1. The molecule has 0 amide bonds. The molecule has 1 N–H and O–H groups in total. The second kappa shape index (κ2) is 11.2. The van der Waals surface area contributed by atoms with Gasteiger partial charge in [0, 0.05) is 57.4 Å². The summed E-state index contributed by atoms with van der Waals surface area (Å²) in [5.74, 6) is 0.492. The lowest BCUT2D eigenvalue weighted by molar-refractivity contribution is -0.137. The molecule has 2 fully saturated rings. The zero-order valence-corrected chi connectivity index (χ0v) is 20.7. The third-order valence-corrected chi connectivity index (χ3v) is 7.10. The van der Waals surface area contributed by atoms with Crippen molar-refractivity contribution in [2.75, 3.05) is 43.7 Å². The van der Waals surface area contributed by atoms with E-state index >= 15 is 0 Å². The molecular weight excluding hydrogens is 451 g/mol. The lowest BCUT2D eigenvalue weighted by Crippen LogP contribution is -2.38. The summed E-state index contributed by atoms with van der Waals surface area (Å²) < 4.78 is 31.9. The van der Waals surface area contributed by atoms with Crippen molar-refractivity contribution < 1.29 is 28.5 Å². The number of halogens is 1. The van der Waals surface area contributed by atoms with Gasteiger partial charge in [-0.05, 0) is 48.7 Å². The fraction of sp³-hybridized carbons (Fsp3) is 0.519. The van der Waals surface area contributed by atoms with Crippen LogP contribution in [0.3, 0.4) is 0 Å². The Morgan fingerprint density at radius 1 is 1.11 bits per heavy atom. The standard InChI is InChI=1S/C27H35FN2O5/c1-4-18-13-24(28)25(16-26(18)34-3)29-11-9-22(10-12-29)35-21-7-5-19(6-8-21)30-17-23(33-2)14-20(30)15-27(31)32/h5-8,13,16,20,22-23H,4,9-12,14-15,17H2,1-3H3,(H,31,32). The van der Waals surface area contributed by atoms with Crippen LogP contribution in [0.15, 0.2) is 36.4 Å². The third kappa shape index (κ3) is 5.81. The molecule has 0 radical (unpaired) electrons. The van der Waals surface area contributed by atoms with Crippen LogP contribution in [-0.2, 0) is 16.0 Å². The molecule has 0 aromatic heterocycles. The number of aliphatic carboxylic acids is 1. The Morgan fingerprint density at radius 2 is 1.83 bits per heavy atom. The lowest BCUT2D eigenvalue weighted by Gasteiger charge is -2.34. The Bertz CT molecular complexity index is 1010. The van der Waals surface area contributed by atoms with Gasteiger partial charge in [0.15, 0.2) is 0 Å². The summed E-state index contributed by atoms with van der Waals surface area (Å²) in [4.78, 5) is 15.4. The summed E-state index contributed by atoms with van der Waals surface area (Å²) in [5, 5.41) is 9.26. The molecule has 2 heterocycles. The van der Waals surface area contributed by atoms with E-state index in [1.807, 2.05) is 31.2 Å². The van der Waals surface area contributed by atoms with E-state index in [9.17, 15) is 14.3 Å². The van der Waals surface area contributed by atoms with E-state index in [4.69, 9.17) is 14.2 Å². The van der Waals surface area contributed by atoms with Crippen molar-refractivity contribution in [3.8, 4) is 11.5 Å². The highest BCUT2D eigenvalue weighted by Crippen LogP contribution is 2.33. The van der Waals surface area contributed by atoms with Crippen LogP contribution in [-0.4, -0.2) is 63.2 Å². The average molecular weight is 487 g/mol. The Morgan fingerprint density at radius 3 is 2.43 bits per heavy atom. The molecule has 2 aliphatic rings. The molecule has 2 aromatic carbocycles. The zero-order valence-electron chi connectivity index (χ0n) is 20.7. The van der Waals surface area contributed by atoms with Gasteiger partial charge in [0.25, 0.3) is 0 Å². The topological polar surface area (TPSA) is 71.5 Å². The molecule has 4 rings (SSSR count). The molecule has 0 saturated carbocycles. The van der Waals surface area contributed by atoms with Gasteiger partial charge in [-0.25, -0.2) is 4.39 Å². The van der Waals surface area contributed by atoms with Gasteiger partial charge in [0.1, 0.15) is 23.4 Å². The van der Waals surface area contributed by atoms with Crippen LogP contribution in [0, 0.1) is 5.82 Å². The number of carbonyl (C=O) groups is 1. The molecule has 190 valence electrons. The molecule has 35 heavy (non-hydrogen) atoms. The van der Waals surface area contributed by atoms with Crippen LogP contribution < -0.4 is 19.3 Å². The average Bonchev–Trinajstić information content (AvgIpc) is 3.27. The first kappa shape index (κ1) is 25.1. The number of piperidine rings is 1. The Labute approximate surface area is 206 Å². The van der Waals surface area contributed by atoms with E-state index in [1.54, 1.807) is 26.4 Å². The highest BCUT2D eigenvalue weighted by molar-refractivity contribution is 5.69. The minimum absolute atomic E-state index is 0.0310. The van der Waals surface area contributed by atoms with Crippen LogP contribution in [0.25, 0.3) is 0 Å². The maximum atomic E-state index is 14.7. The summed E-state index contributed by atoms with van der Waals surface area (Å²) in [5.41, 5.74) is 2.42. The zero-order chi connectivity index (χ0) is 24.9. The van der Waals surface area contributed by atoms with E-state index in [1.165, 1.54) is 0 Å². The van der Waals surface area contributed by atoms with Gasteiger partial charge in [-0.2, -0.15) is 0 Å². The van der Waals surface area contributed by atoms with Crippen LogP contribution >= 0.6 is 0 Å². The number of anilines is 2. The first-order valence-corrected chi connectivity index (χ1v) is 12.3. The molecule has 0 bridgehead atoms. The molecule has 7 nitrogen and oxygen atoms in total. The molecule has 8 heteroatoms. The first-order valence-electron chi connectivity index (χ1n) is 12.3. The van der Waals surface area contributed by atoms with Gasteiger partial charge >= 0.3 is 5.97 Å². The van der Waals surface area contributed by atoms with Crippen molar-refractivity contribution in [1.29, 1.82) is 0 Å². The summed E-state index contributed by atoms with van der Waals surface area (Å²) >= 11 is 0. The molecule has 2 aromatic rings. The van der Waals surface area contributed by atoms with Crippen LogP contribution in [0.4, 0.5) is 15.8 Å². The van der Waals surface area contributed by atoms with Gasteiger partial charge in [-0.1, -0.05) is 6.92 Å². The second-order valence-electron chi connectivity index (χ2n) is 9.26. The van der Waals surface area contributed by atoms with Crippen LogP contribution in [0.1, 0.15) is 38.2 Å². The molecule has 2 saturated heterocycles. The van der Waals surface area contributed by atoms with E-state index < -0.39 is 5.97 Å². The largest absolute Gasteiger partial charge is 0.496 e. The summed E-state index contributed by atoms with van der Waals surface area (Å²) in [6.45, 7) is 4.07. The van der Waals surface area contributed by atoms with Crippen molar-refractivity contribution in [2.24, 2.45) is 0 Å². The number of ether oxygens (including phenoxy) is 3. The molecule has 0 aliphatic carbocycles. The summed E-state index contributed by atoms with van der Waals surface area (Å²) in [7, 11) is 3.28. The van der Waals surface area contributed by atoms with Gasteiger partial charge in [-0.3, -0.25) is 4.79 Å². The van der Waals surface area contributed by atoms with Crippen LogP contribution in [0.2, 0.25) is 0 Å². The first-order chi connectivity index (χ1) is 16.9. The van der Waals surface area contributed by atoms with Crippen LogP contribution in [0.5, 0.6) is 11.5 Å². The smallest absolute Gasteiger partial charge is 0.305 e. The number of methoxy groups -OCH3 is 2. The fourth-order valence-corrected chi connectivity index (χ4v) is 5.17. The van der Waals surface area contributed by atoms with Crippen molar-refractivity contribution in [3.63, 3.8) is 0 Å². The van der Waals surface area contributed by atoms with E-state index in [0.29, 0.717) is 31.7 Å². The molecule has 2 unspecified atom stereocenters. The third-order valence-electron chi connectivity index (χ3n) is 7.10. The predicted octanol–water partition coefficient (Wildman–Crippen LogP) is 4.51. The Kier molecular flexibility index (Phi) is 8.00. The van der Waals surface area contributed by atoms with Crippen molar-refractivity contribution in [1.82, 2.24) is 0 Å². The van der Waals surface area contributed by atoms with Gasteiger partial charge in [0.05, 0.1) is 25.3 Å². The summed E-state index contributed by atoms with van der Waals surface area (Å²) in [6, 6.07) is 11.1. The van der Waals surface area contributed by atoms with E-state index in [2.05, 4.69) is 9.80 Å². The normalized spacial score (nSPS) is 20.8. The highest BCUT2D eigenvalue weighted by Gasteiger charge is 2.33. The van der Waals surface area contributed by atoms with E-state index in [0.717, 1.165) is 42.0 Å². The van der Waals surface area contributed by atoms with Crippen molar-refractivity contribution in [2.45, 2.75) is 57.3 Å². The number of rotatable bonds is 9. The minimum atomic E-state index is -0.803. The maximum absolute atomic E-state index is 14.7. The minimum Gasteiger partial charge on any atom is -0.496 e. The monoisotopic (exact) mass is 486 g/mol. The van der Waals surface area contributed by atoms with Crippen molar-refractivity contribution in [3.05, 3.63) is 47.8 Å². The number of nitrogens with zero attached hydrogens (tertiary/aromatic N) is 2. The summed E-state index contributed by atoms with van der Waals surface area (Å²) in [6.07, 6.45) is 3.19. The van der Waals surface area contributed by atoms with E-state index in [-0.39, 0.29) is 30.5 Å². The lowest BCUT2D eigenvalue weighted by atomic mass is 10.0. The molecular formula is C27H35FN2O5. The van der Waals surface area contributed by atoms with Crippen molar-refractivity contribution >= 4 is 17.3 Å². The number of aryl methyl sites for hydroxylation is 1. The molecule has 2 aliphatic heterocycles. The van der Waals surface area contributed by atoms with Gasteiger partial charge in [0.2, 0.25) is 0 Å². The molecule has 0 spiro atoms. The number of hydrogen-bond acceptors (Lipinski definition) is 6. The van der Waals surface area contributed by atoms with Gasteiger partial charge in [-0.15, -0.1) is 0 Å². The Balaban J connectivity index is 1.35. The maximum Gasteiger partial charge on any atom is 0.305 e. The Hall–Kier alpha value is -3.00. The molecule has 2 atom stereocenters. The number of hydrogen-bond donors (Lipinski definition) is 1. The predicted molar refractivity (Wildman–Crippen MR) is 133 cm³/mol. The van der Waals surface area contributed by atoms with Gasteiger partial charge < -0.3 is 29.1 Å². The SMILES string of the molecule is CCc1cc(F)c(N2CCC(Oc3ccc(N4CC(OC)CC4CC(=O)O)cc3)CC2)cc1OC. The highest BCUT2D eigenvalue weighted by atomic mass is 19.1. The quantitative estimate of drug-likeness (QED) is 0.559. The number of benzene rings is 2.